The average Bonchev–Trinajstić information content (AvgIpc) is 2.74. The number of aromatic nitrogens is 2. The molecule has 0 aliphatic rings. The van der Waals surface area contributed by atoms with E-state index in [1.54, 1.807) is 54.6 Å². The van der Waals surface area contributed by atoms with Crippen molar-refractivity contribution in [1.82, 2.24) is 9.97 Å². The fraction of sp³-hybridized carbons (Fsp3) is 0.143. The molecule has 0 aliphatic carbocycles. The minimum absolute atomic E-state index is 0.0774. The number of carbonyl (C=O) groups is 2. The van der Waals surface area contributed by atoms with Crippen LogP contribution in [0.3, 0.4) is 0 Å². The SMILES string of the molecule is CCOc1ccccc1NC(=O)C(OC(=O)c1nccnc1N)c1ccccc1. The monoisotopic (exact) mass is 392 g/mol. The Morgan fingerprint density at radius 3 is 2.45 bits per heavy atom. The second-order valence-corrected chi connectivity index (χ2v) is 5.90. The number of para-hydroxylation sites is 2. The molecule has 0 fully saturated rings. The first kappa shape index (κ1) is 19.8. The summed E-state index contributed by atoms with van der Waals surface area (Å²) in [6, 6.07) is 15.7. The Morgan fingerprint density at radius 2 is 1.72 bits per heavy atom. The van der Waals surface area contributed by atoms with Gasteiger partial charge < -0.3 is 20.5 Å². The van der Waals surface area contributed by atoms with E-state index in [9.17, 15) is 9.59 Å². The standard InChI is InChI=1S/C21H20N4O4/c1-2-28-16-11-7-6-10-15(16)25-20(26)18(14-8-4-3-5-9-14)29-21(27)17-19(22)24-13-12-23-17/h3-13,18H,2H2,1H3,(H2,22,24)(H,25,26). The maximum Gasteiger partial charge on any atom is 0.361 e. The van der Waals surface area contributed by atoms with Crippen LogP contribution in [0.1, 0.15) is 29.1 Å². The lowest BCUT2D eigenvalue weighted by Crippen LogP contribution is -2.27. The van der Waals surface area contributed by atoms with Gasteiger partial charge in [0.15, 0.2) is 11.5 Å². The van der Waals surface area contributed by atoms with Gasteiger partial charge in [0, 0.05) is 18.0 Å². The Balaban J connectivity index is 1.87. The lowest BCUT2D eigenvalue weighted by atomic mass is 10.1. The van der Waals surface area contributed by atoms with E-state index in [0.29, 0.717) is 23.6 Å². The molecule has 8 heteroatoms. The number of nitrogens with two attached hydrogens (primary N) is 1. The number of ether oxygens (including phenoxy) is 2. The summed E-state index contributed by atoms with van der Waals surface area (Å²) in [5.74, 6) is -0.956. The van der Waals surface area contributed by atoms with E-state index >= 15 is 0 Å². The molecule has 1 amide bonds. The maximum absolute atomic E-state index is 13.0. The van der Waals surface area contributed by atoms with Gasteiger partial charge in [-0.25, -0.2) is 14.8 Å². The molecule has 0 aliphatic heterocycles. The zero-order valence-corrected chi connectivity index (χ0v) is 15.7. The predicted molar refractivity (Wildman–Crippen MR) is 107 cm³/mol. The topological polar surface area (TPSA) is 116 Å². The first-order valence-corrected chi connectivity index (χ1v) is 8.95. The Bertz CT molecular complexity index is 995. The van der Waals surface area contributed by atoms with Crippen LogP contribution >= 0.6 is 0 Å². The van der Waals surface area contributed by atoms with Crippen LogP contribution in [0.4, 0.5) is 11.5 Å². The number of anilines is 2. The predicted octanol–water partition coefficient (Wildman–Crippen LogP) is 2.99. The Hall–Kier alpha value is -3.94. The van der Waals surface area contributed by atoms with E-state index in [0.717, 1.165) is 0 Å². The summed E-state index contributed by atoms with van der Waals surface area (Å²) >= 11 is 0. The molecular formula is C21H20N4O4. The zero-order chi connectivity index (χ0) is 20.6. The van der Waals surface area contributed by atoms with Crippen molar-refractivity contribution in [2.45, 2.75) is 13.0 Å². The fourth-order valence-corrected chi connectivity index (χ4v) is 2.62. The summed E-state index contributed by atoms with van der Waals surface area (Å²) in [6.07, 6.45) is 1.46. The Labute approximate surface area is 167 Å². The third kappa shape index (κ3) is 4.86. The quantitative estimate of drug-likeness (QED) is 0.594. The van der Waals surface area contributed by atoms with Crippen LogP contribution in [-0.4, -0.2) is 28.5 Å². The molecule has 0 bridgehead atoms. The number of hydrogen-bond acceptors (Lipinski definition) is 7. The number of rotatable bonds is 7. The molecule has 8 nitrogen and oxygen atoms in total. The minimum Gasteiger partial charge on any atom is -0.492 e. The number of nitrogen functional groups attached to an aromatic ring is 1. The van der Waals surface area contributed by atoms with E-state index in [2.05, 4.69) is 15.3 Å². The molecule has 0 saturated heterocycles. The average molecular weight is 392 g/mol. The second-order valence-electron chi connectivity index (χ2n) is 5.90. The summed E-state index contributed by atoms with van der Waals surface area (Å²) in [6.45, 7) is 2.29. The van der Waals surface area contributed by atoms with Crippen LogP contribution in [0.5, 0.6) is 5.75 Å². The van der Waals surface area contributed by atoms with Gasteiger partial charge >= 0.3 is 5.97 Å². The maximum atomic E-state index is 13.0. The molecule has 1 atom stereocenters. The summed E-state index contributed by atoms with van der Waals surface area (Å²) in [4.78, 5) is 33.3. The molecule has 1 unspecified atom stereocenters. The van der Waals surface area contributed by atoms with Crippen molar-refractivity contribution >= 4 is 23.4 Å². The highest BCUT2D eigenvalue weighted by Gasteiger charge is 2.28. The molecule has 148 valence electrons. The molecule has 29 heavy (non-hydrogen) atoms. The van der Waals surface area contributed by atoms with E-state index in [-0.39, 0.29) is 11.5 Å². The second kappa shape index (κ2) is 9.32. The first-order valence-electron chi connectivity index (χ1n) is 8.95. The van der Waals surface area contributed by atoms with Crippen LogP contribution in [0.15, 0.2) is 67.0 Å². The van der Waals surface area contributed by atoms with Gasteiger partial charge in [0.25, 0.3) is 5.91 Å². The molecule has 3 rings (SSSR count). The Kier molecular flexibility index (Phi) is 6.36. The van der Waals surface area contributed by atoms with Gasteiger partial charge in [-0.3, -0.25) is 4.79 Å². The molecule has 0 spiro atoms. The zero-order valence-electron chi connectivity index (χ0n) is 15.7. The van der Waals surface area contributed by atoms with E-state index in [4.69, 9.17) is 15.2 Å². The lowest BCUT2D eigenvalue weighted by Gasteiger charge is -2.19. The number of amides is 1. The summed E-state index contributed by atoms with van der Waals surface area (Å²) in [5, 5.41) is 2.76. The van der Waals surface area contributed by atoms with Gasteiger partial charge in [-0.05, 0) is 19.1 Å². The van der Waals surface area contributed by atoms with Crippen LogP contribution in [0.2, 0.25) is 0 Å². The third-order valence-corrected chi connectivity index (χ3v) is 3.93. The Morgan fingerprint density at radius 1 is 1.03 bits per heavy atom. The molecule has 2 aromatic carbocycles. The van der Waals surface area contributed by atoms with Crippen molar-refractivity contribution in [2.75, 3.05) is 17.7 Å². The third-order valence-electron chi connectivity index (χ3n) is 3.93. The first-order chi connectivity index (χ1) is 14.1. The molecular weight excluding hydrogens is 372 g/mol. The van der Waals surface area contributed by atoms with Gasteiger partial charge in [-0.15, -0.1) is 0 Å². The van der Waals surface area contributed by atoms with Crippen molar-refractivity contribution in [2.24, 2.45) is 0 Å². The number of esters is 1. The lowest BCUT2D eigenvalue weighted by molar-refractivity contribution is -0.125. The summed E-state index contributed by atoms with van der Waals surface area (Å²) < 4.78 is 11.0. The fourth-order valence-electron chi connectivity index (χ4n) is 2.62. The van der Waals surface area contributed by atoms with Crippen LogP contribution in [0.25, 0.3) is 0 Å². The molecule has 1 aromatic heterocycles. The smallest absolute Gasteiger partial charge is 0.361 e. The van der Waals surface area contributed by atoms with E-state index < -0.39 is 18.0 Å². The number of carbonyl (C=O) groups excluding carboxylic acids is 2. The van der Waals surface area contributed by atoms with Crippen molar-refractivity contribution in [3.63, 3.8) is 0 Å². The number of nitrogens with one attached hydrogen (secondary N) is 1. The van der Waals surface area contributed by atoms with Crippen LogP contribution in [-0.2, 0) is 9.53 Å². The number of hydrogen-bond donors (Lipinski definition) is 2. The summed E-state index contributed by atoms with van der Waals surface area (Å²) in [5.41, 5.74) is 6.50. The van der Waals surface area contributed by atoms with Gasteiger partial charge in [0.2, 0.25) is 6.10 Å². The van der Waals surface area contributed by atoms with E-state index in [1.807, 2.05) is 6.92 Å². The normalized spacial score (nSPS) is 11.3. The van der Waals surface area contributed by atoms with E-state index in [1.165, 1.54) is 12.4 Å². The largest absolute Gasteiger partial charge is 0.492 e. The minimum atomic E-state index is -1.22. The molecule has 3 aromatic rings. The van der Waals surface area contributed by atoms with Crippen molar-refractivity contribution in [3.05, 3.63) is 78.2 Å². The van der Waals surface area contributed by atoms with Crippen molar-refractivity contribution in [1.29, 1.82) is 0 Å². The number of nitrogens with zero attached hydrogens (tertiary/aromatic N) is 2. The van der Waals surface area contributed by atoms with Gasteiger partial charge in [0.05, 0.1) is 12.3 Å². The van der Waals surface area contributed by atoms with Crippen LogP contribution < -0.4 is 15.8 Å². The highest BCUT2D eigenvalue weighted by Crippen LogP contribution is 2.27. The highest BCUT2D eigenvalue weighted by atomic mass is 16.5. The number of benzene rings is 2. The van der Waals surface area contributed by atoms with Crippen molar-refractivity contribution < 1.29 is 19.1 Å². The van der Waals surface area contributed by atoms with Gasteiger partial charge in [-0.1, -0.05) is 42.5 Å². The molecule has 0 saturated carbocycles. The molecule has 1 heterocycles. The summed E-state index contributed by atoms with van der Waals surface area (Å²) in [7, 11) is 0. The van der Waals surface area contributed by atoms with Crippen LogP contribution in [0, 0.1) is 0 Å². The van der Waals surface area contributed by atoms with Gasteiger partial charge in [-0.2, -0.15) is 0 Å². The van der Waals surface area contributed by atoms with Crippen molar-refractivity contribution in [3.8, 4) is 5.75 Å². The highest BCUT2D eigenvalue weighted by molar-refractivity contribution is 5.99. The molecule has 3 N–H and O–H groups in total. The van der Waals surface area contributed by atoms with Gasteiger partial charge in [0.1, 0.15) is 5.75 Å². The molecule has 0 radical (unpaired) electrons.